The number of halogens is 2. The molecule has 0 aliphatic carbocycles. The summed E-state index contributed by atoms with van der Waals surface area (Å²) < 4.78 is 38.9. The van der Waals surface area contributed by atoms with Crippen molar-refractivity contribution in [2.24, 2.45) is 11.3 Å². The number of ether oxygens (including phenoxy) is 2. The van der Waals surface area contributed by atoms with Gasteiger partial charge in [-0.2, -0.15) is 0 Å². The fourth-order valence-electron chi connectivity index (χ4n) is 4.63. The molecule has 3 unspecified atom stereocenters. The van der Waals surface area contributed by atoms with Gasteiger partial charge < -0.3 is 35.8 Å². The van der Waals surface area contributed by atoms with E-state index >= 15 is 0 Å². The summed E-state index contributed by atoms with van der Waals surface area (Å²) in [6.07, 6.45) is -2.57. The predicted octanol–water partition coefficient (Wildman–Crippen LogP) is 4.88. The molecule has 0 aliphatic rings. The van der Waals surface area contributed by atoms with Crippen LogP contribution < -0.4 is 21.3 Å². The maximum absolute atomic E-state index is 14.4. The molecule has 0 saturated heterocycles. The first-order valence-corrected chi connectivity index (χ1v) is 15.8. The number of aliphatic hydroxyl groups is 1. The van der Waals surface area contributed by atoms with Crippen molar-refractivity contribution in [3.05, 3.63) is 71.3 Å². The molecule has 47 heavy (non-hydrogen) atoms. The van der Waals surface area contributed by atoms with Gasteiger partial charge in [-0.15, -0.1) is 0 Å². The van der Waals surface area contributed by atoms with Crippen LogP contribution in [0.2, 0.25) is 0 Å². The fraction of sp³-hybridized carbons (Fsp3) is 0.571. The summed E-state index contributed by atoms with van der Waals surface area (Å²) in [4.78, 5) is 37.9. The molecule has 3 amide bonds. The lowest BCUT2D eigenvalue weighted by Crippen LogP contribution is -2.54. The Labute approximate surface area is 277 Å². The Morgan fingerprint density at radius 2 is 1.40 bits per heavy atom. The average molecular weight is 663 g/mol. The Kier molecular flexibility index (Phi) is 14.6. The Morgan fingerprint density at radius 3 is 2.02 bits per heavy atom. The molecule has 5 N–H and O–H groups in total. The molecule has 0 saturated carbocycles. The van der Waals surface area contributed by atoms with Crippen molar-refractivity contribution in [1.29, 1.82) is 0 Å². The number of hydrogen-bond acceptors (Lipinski definition) is 7. The summed E-state index contributed by atoms with van der Waals surface area (Å²) in [6.45, 7) is 15.3. The quantitative estimate of drug-likeness (QED) is 0.183. The lowest BCUT2D eigenvalue weighted by molar-refractivity contribution is -0.131. The van der Waals surface area contributed by atoms with E-state index in [1.165, 1.54) is 0 Å². The first-order chi connectivity index (χ1) is 21.7. The van der Waals surface area contributed by atoms with Gasteiger partial charge in [-0.25, -0.2) is 18.4 Å². The van der Waals surface area contributed by atoms with Gasteiger partial charge in [0.25, 0.3) is 5.91 Å². The molecule has 262 valence electrons. The average Bonchev–Trinajstić information content (AvgIpc) is 2.94. The molecule has 0 radical (unpaired) electrons. The van der Waals surface area contributed by atoms with E-state index < -0.39 is 58.5 Å². The molecule has 0 spiro atoms. The predicted molar refractivity (Wildman–Crippen MR) is 177 cm³/mol. The Hall–Kier alpha value is -3.77. The van der Waals surface area contributed by atoms with Crippen molar-refractivity contribution in [2.45, 2.75) is 91.6 Å². The van der Waals surface area contributed by atoms with Crippen LogP contribution in [-0.4, -0.2) is 72.7 Å². The van der Waals surface area contributed by atoms with Gasteiger partial charge in [0.15, 0.2) is 6.10 Å². The zero-order chi connectivity index (χ0) is 35.4. The minimum atomic E-state index is -1.56. The minimum absolute atomic E-state index is 0.147. The number of rotatable bonds is 15. The molecule has 0 aliphatic heterocycles. The summed E-state index contributed by atoms with van der Waals surface area (Å²) in [5.74, 6) is -2.07. The fourth-order valence-corrected chi connectivity index (χ4v) is 4.63. The van der Waals surface area contributed by atoms with Crippen LogP contribution in [0.1, 0.15) is 66.5 Å². The molecule has 0 heterocycles. The number of hydrogen-bond donors (Lipinski definition) is 5. The highest BCUT2D eigenvalue weighted by Gasteiger charge is 2.31. The molecule has 0 fully saturated rings. The highest BCUT2D eigenvalue weighted by Crippen LogP contribution is 2.17. The van der Waals surface area contributed by atoms with E-state index in [0.717, 1.165) is 23.8 Å². The number of amides is 3. The molecule has 2 aromatic rings. The van der Waals surface area contributed by atoms with E-state index in [2.05, 4.69) is 21.3 Å². The van der Waals surface area contributed by atoms with E-state index in [9.17, 15) is 28.3 Å². The zero-order valence-electron chi connectivity index (χ0n) is 28.8. The first kappa shape index (κ1) is 39.4. The highest BCUT2D eigenvalue weighted by atomic mass is 19.1. The van der Waals surface area contributed by atoms with Crippen LogP contribution in [0.5, 0.6) is 0 Å². The summed E-state index contributed by atoms with van der Waals surface area (Å²) in [5, 5.41) is 22.4. The van der Waals surface area contributed by atoms with E-state index in [0.29, 0.717) is 13.1 Å². The van der Waals surface area contributed by atoms with Crippen molar-refractivity contribution in [1.82, 2.24) is 21.3 Å². The number of benzene rings is 2. The Morgan fingerprint density at radius 1 is 0.787 bits per heavy atom. The van der Waals surface area contributed by atoms with Gasteiger partial charge in [-0.3, -0.25) is 4.79 Å². The van der Waals surface area contributed by atoms with Gasteiger partial charge in [0.2, 0.25) is 0 Å². The van der Waals surface area contributed by atoms with Gasteiger partial charge in [-0.1, -0.05) is 44.2 Å². The second kappa shape index (κ2) is 17.4. The molecular weight excluding hydrogens is 610 g/mol. The van der Waals surface area contributed by atoms with E-state index in [1.54, 1.807) is 41.5 Å². The number of carbonyl (C=O) groups is 3. The van der Waals surface area contributed by atoms with Crippen LogP contribution in [-0.2, 0) is 27.1 Å². The number of aliphatic hydroxyl groups excluding tert-OH is 1. The van der Waals surface area contributed by atoms with Crippen LogP contribution in [0.3, 0.4) is 0 Å². The topological polar surface area (TPSA) is 138 Å². The minimum Gasteiger partial charge on any atom is -0.444 e. The third-order valence-corrected chi connectivity index (χ3v) is 6.88. The highest BCUT2D eigenvalue weighted by molar-refractivity contribution is 5.82. The SMILES string of the molecule is CC(C)(CNCC(CNC(=O)OC(C)(C)C)Cc1cc(F)ccc1F)CNC(=O)C(O)C(Cc1ccccc1)NC(=O)OC(C)(C)C. The lowest BCUT2D eigenvalue weighted by atomic mass is 9.92. The third-order valence-electron chi connectivity index (χ3n) is 6.88. The number of nitrogens with one attached hydrogen (secondary N) is 4. The number of alkyl carbamates (subject to hydrolysis) is 2. The van der Waals surface area contributed by atoms with Crippen molar-refractivity contribution < 1.29 is 37.7 Å². The second-order valence-corrected chi connectivity index (χ2v) is 14.6. The maximum Gasteiger partial charge on any atom is 0.407 e. The molecule has 12 heteroatoms. The molecule has 2 aromatic carbocycles. The van der Waals surface area contributed by atoms with E-state index in [-0.39, 0.29) is 37.4 Å². The smallest absolute Gasteiger partial charge is 0.407 e. The van der Waals surface area contributed by atoms with E-state index in [1.807, 2.05) is 44.2 Å². The summed E-state index contributed by atoms with van der Waals surface area (Å²) in [6, 6.07) is 11.5. The monoisotopic (exact) mass is 662 g/mol. The molecule has 3 atom stereocenters. The van der Waals surface area contributed by atoms with Crippen LogP contribution >= 0.6 is 0 Å². The standard InChI is InChI=1S/C35H52F2N4O6/c1-33(2,3)46-31(44)39-20-24(16-25-18-26(36)14-15-27(25)37)19-38-21-35(7,8)22-40-30(43)29(42)28(17-23-12-10-9-11-13-23)41-32(45)47-34(4,5)6/h9-15,18,24,28-29,38,42H,16-17,19-22H2,1-8H3,(H,39,44)(H,40,43)(H,41,45). The van der Waals surface area contributed by atoms with Crippen LogP contribution in [0.15, 0.2) is 48.5 Å². The summed E-state index contributed by atoms with van der Waals surface area (Å²) in [7, 11) is 0. The first-order valence-electron chi connectivity index (χ1n) is 15.8. The molecule has 0 aromatic heterocycles. The van der Waals surface area contributed by atoms with Crippen LogP contribution in [0.4, 0.5) is 18.4 Å². The van der Waals surface area contributed by atoms with Gasteiger partial charge in [0.05, 0.1) is 6.04 Å². The summed E-state index contributed by atoms with van der Waals surface area (Å²) >= 11 is 0. The van der Waals surface area contributed by atoms with Crippen LogP contribution in [0, 0.1) is 23.0 Å². The molecule has 10 nitrogen and oxygen atoms in total. The van der Waals surface area contributed by atoms with Crippen molar-refractivity contribution in [3.8, 4) is 0 Å². The number of carbonyl (C=O) groups excluding carboxylic acids is 3. The van der Waals surface area contributed by atoms with Gasteiger partial charge in [-0.05, 0) is 102 Å². The molecule has 2 rings (SSSR count). The Balaban J connectivity index is 2.01. The molecular formula is C35H52F2N4O6. The van der Waals surface area contributed by atoms with E-state index in [4.69, 9.17) is 9.47 Å². The van der Waals surface area contributed by atoms with Gasteiger partial charge >= 0.3 is 12.2 Å². The summed E-state index contributed by atoms with van der Waals surface area (Å²) in [5.41, 5.74) is -0.952. The van der Waals surface area contributed by atoms with Crippen LogP contribution in [0.25, 0.3) is 0 Å². The lowest BCUT2D eigenvalue weighted by Gasteiger charge is -2.29. The van der Waals surface area contributed by atoms with Crippen molar-refractivity contribution in [2.75, 3.05) is 26.2 Å². The van der Waals surface area contributed by atoms with Gasteiger partial charge in [0.1, 0.15) is 22.8 Å². The molecule has 0 bridgehead atoms. The Bertz CT molecular complexity index is 1310. The third kappa shape index (κ3) is 16.1. The maximum atomic E-state index is 14.4. The normalized spacial score (nSPS) is 14.0. The second-order valence-electron chi connectivity index (χ2n) is 14.6. The largest absolute Gasteiger partial charge is 0.444 e. The van der Waals surface area contributed by atoms with Crippen molar-refractivity contribution >= 4 is 18.1 Å². The van der Waals surface area contributed by atoms with Gasteiger partial charge in [0, 0.05) is 19.6 Å². The van der Waals surface area contributed by atoms with Crippen molar-refractivity contribution in [3.63, 3.8) is 0 Å². The zero-order valence-corrected chi connectivity index (χ0v) is 28.8.